The van der Waals surface area contributed by atoms with Gasteiger partial charge < -0.3 is 5.73 Å². The van der Waals surface area contributed by atoms with Crippen molar-refractivity contribution in [2.75, 3.05) is 6.54 Å². The first kappa shape index (κ1) is 9.66. The molecule has 76 valence electrons. The second kappa shape index (κ2) is 4.56. The molecule has 0 amide bonds. The molecule has 0 bridgehead atoms. The van der Waals surface area contributed by atoms with Gasteiger partial charge in [-0.15, -0.1) is 0 Å². The SMILES string of the molecule is NCC1CCC(c2cccnc2)CC1. The van der Waals surface area contributed by atoms with Gasteiger partial charge in [-0.1, -0.05) is 6.07 Å². The van der Waals surface area contributed by atoms with E-state index in [2.05, 4.69) is 11.1 Å². The van der Waals surface area contributed by atoms with Gasteiger partial charge in [-0.3, -0.25) is 4.98 Å². The highest BCUT2D eigenvalue weighted by Gasteiger charge is 2.21. The van der Waals surface area contributed by atoms with Gasteiger partial charge in [-0.25, -0.2) is 0 Å². The smallest absolute Gasteiger partial charge is 0.0302 e. The monoisotopic (exact) mass is 190 g/mol. The van der Waals surface area contributed by atoms with Crippen molar-refractivity contribution in [3.63, 3.8) is 0 Å². The highest BCUT2D eigenvalue weighted by molar-refractivity contribution is 5.15. The summed E-state index contributed by atoms with van der Waals surface area (Å²) in [5.41, 5.74) is 7.08. The van der Waals surface area contributed by atoms with Crippen LogP contribution in [-0.2, 0) is 0 Å². The van der Waals surface area contributed by atoms with Gasteiger partial charge in [0, 0.05) is 12.4 Å². The molecule has 1 aromatic heterocycles. The first-order valence-electron chi connectivity index (χ1n) is 5.50. The van der Waals surface area contributed by atoms with Crippen LogP contribution in [0.3, 0.4) is 0 Å². The predicted octanol–water partition coefficient (Wildman–Crippen LogP) is 2.31. The summed E-state index contributed by atoms with van der Waals surface area (Å²) in [6.45, 7) is 0.861. The number of rotatable bonds is 2. The van der Waals surface area contributed by atoms with Crippen LogP contribution in [0.1, 0.15) is 37.2 Å². The Kier molecular flexibility index (Phi) is 3.14. The molecule has 1 aliphatic rings. The molecule has 1 heterocycles. The quantitative estimate of drug-likeness (QED) is 0.777. The Balaban J connectivity index is 1.96. The largest absolute Gasteiger partial charge is 0.330 e. The lowest BCUT2D eigenvalue weighted by molar-refractivity contribution is 0.332. The molecule has 1 fully saturated rings. The van der Waals surface area contributed by atoms with E-state index >= 15 is 0 Å². The zero-order chi connectivity index (χ0) is 9.80. The lowest BCUT2D eigenvalue weighted by atomic mass is 9.79. The van der Waals surface area contributed by atoms with Crippen molar-refractivity contribution in [2.45, 2.75) is 31.6 Å². The lowest BCUT2D eigenvalue weighted by Crippen LogP contribution is -2.20. The third-order valence-electron chi connectivity index (χ3n) is 3.34. The molecule has 0 saturated heterocycles. The molecule has 2 N–H and O–H groups in total. The van der Waals surface area contributed by atoms with Crippen LogP contribution >= 0.6 is 0 Å². The standard InChI is InChI=1S/C12H18N2/c13-8-10-3-5-11(6-4-10)12-2-1-7-14-9-12/h1-2,7,9-11H,3-6,8,13H2. The Morgan fingerprint density at radius 1 is 1.29 bits per heavy atom. The predicted molar refractivity (Wildman–Crippen MR) is 58.0 cm³/mol. The first-order chi connectivity index (χ1) is 6.90. The summed E-state index contributed by atoms with van der Waals surface area (Å²) >= 11 is 0. The molecule has 1 saturated carbocycles. The van der Waals surface area contributed by atoms with Crippen molar-refractivity contribution in [1.82, 2.24) is 4.98 Å². The summed E-state index contributed by atoms with van der Waals surface area (Å²) in [5, 5.41) is 0. The van der Waals surface area contributed by atoms with Crippen LogP contribution in [0.5, 0.6) is 0 Å². The number of aromatic nitrogens is 1. The number of hydrogen-bond acceptors (Lipinski definition) is 2. The average molecular weight is 190 g/mol. The van der Waals surface area contributed by atoms with Gasteiger partial charge in [0.15, 0.2) is 0 Å². The van der Waals surface area contributed by atoms with E-state index in [-0.39, 0.29) is 0 Å². The van der Waals surface area contributed by atoms with Crippen molar-refractivity contribution < 1.29 is 0 Å². The van der Waals surface area contributed by atoms with E-state index in [0.29, 0.717) is 0 Å². The summed E-state index contributed by atoms with van der Waals surface area (Å²) < 4.78 is 0. The van der Waals surface area contributed by atoms with Crippen LogP contribution < -0.4 is 5.73 Å². The highest BCUT2D eigenvalue weighted by atomic mass is 14.6. The minimum Gasteiger partial charge on any atom is -0.330 e. The van der Waals surface area contributed by atoms with E-state index in [4.69, 9.17) is 5.73 Å². The van der Waals surface area contributed by atoms with Crippen LogP contribution in [0.2, 0.25) is 0 Å². The second-order valence-electron chi connectivity index (χ2n) is 4.24. The van der Waals surface area contributed by atoms with Crippen molar-refractivity contribution in [2.24, 2.45) is 11.7 Å². The average Bonchev–Trinajstić information content (AvgIpc) is 2.30. The molecule has 1 aliphatic carbocycles. The maximum absolute atomic E-state index is 5.68. The molecule has 0 atom stereocenters. The van der Waals surface area contributed by atoms with Gasteiger partial charge in [-0.2, -0.15) is 0 Å². The third kappa shape index (κ3) is 2.13. The molecule has 0 aromatic carbocycles. The van der Waals surface area contributed by atoms with Crippen molar-refractivity contribution >= 4 is 0 Å². The molecule has 1 aromatic rings. The lowest BCUT2D eigenvalue weighted by Gasteiger charge is -2.27. The molecular weight excluding hydrogens is 172 g/mol. The number of pyridine rings is 1. The van der Waals surface area contributed by atoms with E-state index in [1.165, 1.54) is 31.2 Å². The molecular formula is C12H18N2. The molecule has 2 rings (SSSR count). The van der Waals surface area contributed by atoms with Gasteiger partial charge >= 0.3 is 0 Å². The summed E-state index contributed by atoms with van der Waals surface area (Å²) in [5.74, 6) is 1.49. The van der Waals surface area contributed by atoms with Crippen molar-refractivity contribution in [1.29, 1.82) is 0 Å². The molecule has 2 nitrogen and oxygen atoms in total. The van der Waals surface area contributed by atoms with Crippen molar-refractivity contribution in [3.05, 3.63) is 30.1 Å². The number of nitrogens with two attached hydrogens (primary N) is 1. The highest BCUT2D eigenvalue weighted by Crippen LogP contribution is 2.34. The van der Waals surface area contributed by atoms with Crippen LogP contribution in [-0.4, -0.2) is 11.5 Å². The number of nitrogens with zero attached hydrogens (tertiary/aromatic N) is 1. The van der Waals surface area contributed by atoms with E-state index in [1.54, 1.807) is 0 Å². The maximum Gasteiger partial charge on any atom is 0.0302 e. The van der Waals surface area contributed by atoms with Gasteiger partial charge in [-0.05, 0) is 55.7 Å². The Hall–Kier alpha value is -0.890. The number of hydrogen-bond donors (Lipinski definition) is 1. The Morgan fingerprint density at radius 3 is 2.64 bits per heavy atom. The minimum atomic E-state index is 0.728. The molecule has 0 aliphatic heterocycles. The van der Waals surface area contributed by atoms with Gasteiger partial charge in [0.05, 0.1) is 0 Å². The summed E-state index contributed by atoms with van der Waals surface area (Å²) in [4.78, 5) is 4.17. The molecule has 0 spiro atoms. The van der Waals surface area contributed by atoms with Gasteiger partial charge in [0.1, 0.15) is 0 Å². The van der Waals surface area contributed by atoms with E-state index < -0.39 is 0 Å². The molecule has 14 heavy (non-hydrogen) atoms. The van der Waals surface area contributed by atoms with Gasteiger partial charge in [0.2, 0.25) is 0 Å². The Labute approximate surface area is 85.5 Å². The van der Waals surface area contributed by atoms with E-state index in [0.717, 1.165) is 18.4 Å². The summed E-state index contributed by atoms with van der Waals surface area (Å²) in [7, 11) is 0. The molecule has 0 radical (unpaired) electrons. The van der Waals surface area contributed by atoms with E-state index in [1.807, 2.05) is 18.5 Å². The fraction of sp³-hybridized carbons (Fsp3) is 0.583. The third-order valence-corrected chi connectivity index (χ3v) is 3.34. The fourth-order valence-corrected chi connectivity index (χ4v) is 2.35. The second-order valence-corrected chi connectivity index (χ2v) is 4.24. The Morgan fingerprint density at radius 2 is 2.07 bits per heavy atom. The molecule has 0 unspecified atom stereocenters. The zero-order valence-corrected chi connectivity index (χ0v) is 8.52. The van der Waals surface area contributed by atoms with E-state index in [9.17, 15) is 0 Å². The summed E-state index contributed by atoms with van der Waals surface area (Å²) in [6.07, 6.45) is 9.00. The van der Waals surface area contributed by atoms with Crippen LogP contribution in [0.25, 0.3) is 0 Å². The first-order valence-corrected chi connectivity index (χ1v) is 5.50. The van der Waals surface area contributed by atoms with Crippen LogP contribution in [0.4, 0.5) is 0 Å². The fourth-order valence-electron chi connectivity index (χ4n) is 2.35. The normalized spacial score (nSPS) is 27.5. The summed E-state index contributed by atoms with van der Waals surface area (Å²) in [6, 6.07) is 4.23. The minimum absolute atomic E-state index is 0.728. The zero-order valence-electron chi connectivity index (χ0n) is 8.52. The van der Waals surface area contributed by atoms with Crippen LogP contribution in [0, 0.1) is 5.92 Å². The maximum atomic E-state index is 5.68. The van der Waals surface area contributed by atoms with Crippen molar-refractivity contribution in [3.8, 4) is 0 Å². The van der Waals surface area contributed by atoms with Crippen LogP contribution in [0.15, 0.2) is 24.5 Å². The topological polar surface area (TPSA) is 38.9 Å². The Bertz CT molecular complexity index is 263. The molecule has 2 heteroatoms. The van der Waals surface area contributed by atoms with Gasteiger partial charge in [0.25, 0.3) is 0 Å².